The van der Waals surface area contributed by atoms with Crippen LogP contribution < -0.4 is 10.2 Å². The second kappa shape index (κ2) is 8.57. The molecule has 2 aromatic heterocycles. The fourth-order valence-corrected chi connectivity index (χ4v) is 3.66. The van der Waals surface area contributed by atoms with Gasteiger partial charge in [-0.1, -0.05) is 17.7 Å². The first-order chi connectivity index (χ1) is 13.6. The van der Waals surface area contributed by atoms with Crippen LogP contribution in [-0.4, -0.2) is 40.8 Å². The van der Waals surface area contributed by atoms with Crippen molar-refractivity contribution in [2.24, 2.45) is 0 Å². The van der Waals surface area contributed by atoms with E-state index in [0.717, 1.165) is 48.6 Å². The van der Waals surface area contributed by atoms with Crippen LogP contribution in [0, 0.1) is 13.8 Å². The molecule has 6 nitrogen and oxygen atoms in total. The van der Waals surface area contributed by atoms with Crippen molar-refractivity contribution in [2.75, 3.05) is 18.0 Å². The van der Waals surface area contributed by atoms with E-state index in [4.69, 9.17) is 21.3 Å². The van der Waals surface area contributed by atoms with E-state index in [0.29, 0.717) is 10.7 Å². The minimum Gasteiger partial charge on any atom is -0.444 e. The number of alkyl carbamates (subject to hydrolysis) is 1. The number of piperidine rings is 1. The molecule has 0 atom stereocenters. The fourth-order valence-electron chi connectivity index (χ4n) is 3.46. The molecule has 0 aliphatic carbocycles. The Labute approximate surface area is 177 Å². The normalized spacial score (nSPS) is 15.3. The first kappa shape index (κ1) is 21.4. The molecule has 1 aliphatic heterocycles. The first-order valence-corrected chi connectivity index (χ1v) is 10.3. The quantitative estimate of drug-likeness (QED) is 0.770. The van der Waals surface area contributed by atoms with Crippen LogP contribution in [0.3, 0.4) is 0 Å². The molecular formula is C22H29ClN4O2. The van der Waals surface area contributed by atoms with Crippen LogP contribution in [-0.2, 0) is 4.74 Å². The van der Waals surface area contributed by atoms with Crippen molar-refractivity contribution < 1.29 is 9.53 Å². The highest BCUT2D eigenvalue weighted by molar-refractivity contribution is 6.33. The third kappa shape index (κ3) is 5.60. The van der Waals surface area contributed by atoms with Gasteiger partial charge in [0.25, 0.3) is 0 Å². The average molecular weight is 417 g/mol. The van der Waals surface area contributed by atoms with Crippen molar-refractivity contribution in [3.63, 3.8) is 0 Å². The number of rotatable bonds is 3. The van der Waals surface area contributed by atoms with Crippen LogP contribution in [0.1, 0.15) is 44.7 Å². The number of hydrogen-bond donors (Lipinski definition) is 1. The number of ether oxygens (including phenoxy) is 1. The zero-order chi connectivity index (χ0) is 21.2. The summed E-state index contributed by atoms with van der Waals surface area (Å²) in [7, 11) is 0. The zero-order valence-electron chi connectivity index (χ0n) is 17.8. The Balaban J connectivity index is 1.68. The summed E-state index contributed by atoms with van der Waals surface area (Å²) in [6, 6.07) is 6.01. The van der Waals surface area contributed by atoms with E-state index >= 15 is 0 Å². The molecule has 156 valence electrons. The lowest BCUT2D eigenvalue weighted by atomic mass is 10.1. The molecule has 1 aliphatic rings. The maximum atomic E-state index is 12.0. The van der Waals surface area contributed by atoms with Gasteiger partial charge in [0.05, 0.1) is 10.7 Å². The smallest absolute Gasteiger partial charge is 0.407 e. The summed E-state index contributed by atoms with van der Waals surface area (Å²) in [6.45, 7) is 11.2. The number of carbonyl (C=O) groups is 1. The second-order valence-corrected chi connectivity index (χ2v) is 8.99. The number of carbonyl (C=O) groups excluding carboxylic acids is 1. The summed E-state index contributed by atoms with van der Waals surface area (Å²) in [6.07, 6.45) is 3.14. The summed E-state index contributed by atoms with van der Waals surface area (Å²) in [4.78, 5) is 23.6. The summed E-state index contributed by atoms with van der Waals surface area (Å²) < 4.78 is 5.35. The van der Waals surface area contributed by atoms with E-state index in [-0.39, 0.29) is 12.1 Å². The molecule has 1 fully saturated rings. The van der Waals surface area contributed by atoms with Gasteiger partial charge < -0.3 is 15.0 Å². The summed E-state index contributed by atoms with van der Waals surface area (Å²) >= 11 is 6.43. The molecule has 0 spiro atoms. The van der Waals surface area contributed by atoms with Gasteiger partial charge in [-0.05, 0) is 70.7 Å². The van der Waals surface area contributed by atoms with Gasteiger partial charge in [-0.15, -0.1) is 0 Å². The predicted octanol–water partition coefficient (Wildman–Crippen LogP) is 4.91. The molecule has 1 amide bonds. The Hall–Kier alpha value is -2.34. The minimum atomic E-state index is -0.490. The third-order valence-corrected chi connectivity index (χ3v) is 5.12. The molecule has 3 heterocycles. The molecule has 2 aromatic rings. The van der Waals surface area contributed by atoms with E-state index in [1.54, 1.807) is 0 Å². The minimum absolute atomic E-state index is 0.105. The Kier molecular flexibility index (Phi) is 6.32. The van der Waals surface area contributed by atoms with Crippen LogP contribution in [0.2, 0.25) is 5.02 Å². The number of aryl methyl sites for hydroxylation is 2. The molecular weight excluding hydrogens is 388 g/mol. The van der Waals surface area contributed by atoms with E-state index in [2.05, 4.69) is 21.3 Å². The highest BCUT2D eigenvalue weighted by atomic mass is 35.5. The fraction of sp³-hybridized carbons (Fsp3) is 0.500. The number of anilines is 1. The van der Waals surface area contributed by atoms with E-state index in [9.17, 15) is 4.79 Å². The van der Waals surface area contributed by atoms with Crippen molar-refractivity contribution in [3.05, 3.63) is 40.5 Å². The molecule has 0 aromatic carbocycles. The number of pyridine rings is 2. The van der Waals surface area contributed by atoms with E-state index in [1.807, 2.05) is 52.9 Å². The Bertz CT molecular complexity index is 887. The van der Waals surface area contributed by atoms with Crippen molar-refractivity contribution in [1.29, 1.82) is 0 Å². The molecule has 1 saturated heterocycles. The van der Waals surface area contributed by atoms with Gasteiger partial charge in [-0.3, -0.25) is 4.98 Å². The molecule has 0 saturated carbocycles. The van der Waals surface area contributed by atoms with Crippen LogP contribution in [0.5, 0.6) is 0 Å². The molecule has 0 bridgehead atoms. The van der Waals surface area contributed by atoms with Gasteiger partial charge in [0.1, 0.15) is 17.1 Å². The van der Waals surface area contributed by atoms with Crippen LogP contribution in [0.4, 0.5) is 10.6 Å². The molecule has 3 rings (SSSR count). The second-order valence-electron chi connectivity index (χ2n) is 8.59. The lowest BCUT2D eigenvalue weighted by Crippen LogP contribution is -2.46. The Morgan fingerprint density at radius 2 is 1.90 bits per heavy atom. The largest absolute Gasteiger partial charge is 0.444 e. The number of amides is 1. The van der Waals surface area contributed by atoms with Gasteiger partial charge in [0.15, 0.2) is 0 Å². The molecule has 29 heavy (non-hydrogen) atoms. The van der Waals surface area contributed by atoms with Crippen molar-refractivity contribution >= 4 is 23.5 Å². The van der Waals surface area contributed by atoms with Gasteiger partial charge in [-0.2, -0.15) is 0 Å². The molecule has 0 radical (unpaired) electrons. The zero-order valence-corrected chi connectivity index (χ0v) is 18.5. The summed E-state index contributed by atoms with van der Waals surface area (Å²) in [5, 5.41) is 3.56. The highest BCUT2D eigenvalue weighted by Gasteiger charge is 2.24. The van der Waals surface area contributed by atoms with Crippen LogP contribution in [0.15, 0.2) is 24.4 Å². The number of aromatic nitrogens is 2. The SMILES string of the molecule is Cc1cnc(-c2nc(N3CCC(NC(=O)OC(C)(C)C)CC3)ccc2Cl)c(C)c1. The first-order valence-electron chi connectivity index (χ1n) is 9.97. The van der Waals surface area contributed by atoms with Gasteiger partial charge in [0, 0.05) is 25.3 Å². The average Bonchev–Trinajstić information content (AvgIpc) is 2.62. The number of hydrogen-bond acceptors (Lipinski definition) is 5. The number of nitrogens with one attached hydrogen (secondary N) is 1. The van der Waals surface area contributed by atoms with Gasteiger partial charge >= 0.3 is 6.09 Å². The summed E-state index contributed by atoms with van der Waals surface area (Å²) in [5.41, 5.74) is 3.19. The van der Waals surface area contributed by atoms with Crippen LogP contribution in [0.25, 0.3) is 11.4 Å². The number of nitrogens with zero attached hydrogens (tertiary/aromatic N) is 3. The van der Waals surface area contributed by atoms with Gasteiger partial charge in [0.2, 0.25) is 0 Å². The maximum Gasteiger partial charge on any atom is 0.407 e. The Morgan fingerprint density at radius 1 is 1.21 bits per heavy atom. The van der Waals surface area contributed by atoms with Crippen molar-refractivity contribution in [1.82, 2.24) is 15.3 Å². The summed E-state index contributed by atoms with van der Waals surface area (Å²) in [5.74, 6) is 0.877. The molecule has 1 N–H and O–H groups in total. The van der Waals surface area contributed by atoms with Crippen molar-refractivity contribution in [3.8, 4) is 11.4 Å². The van der Waals surface area contributed by atoms with Crippen molar-refractivity contribution in [2.45, 2.75) is 59.1 Å². The highest BCUT2D eigenvalue weighted by Crippen LogP contribution is 2.30. The maximum absolute atomic E-state index is 12.0. The molecule has 7 heteroatoms. The standard InChI is InChI=1S/C22H29ClN4O2/c1-14-12-15(2)19(24-13-14)20-17(23)6-7-18(26-20)27-10-8-16(9-11-27)25-21(28)29-22(3,4)5/h6-7,12-13,16H,8-11H2,1-5H3,(H,25,28). The van der Waals surface area contributed by atoms with Crippen LogP contribution >= 0.6 is 11.6 Å². The predicted molar refractivity (Wildman–Crippen MR) is 117 cm³/mol. The lowest BCUT2D eigenvalue weighted by Gasteiger charge is -2.33. The van der Waals surface area contributed by atoms with Gasteiger partial charge in [-0.25, -0.2) is 9.78 Å². The monoisotopic (exact) mass is 416 g/mol. The van der Waals surface area contributed by atoms with E-state index in [1.165, 1.54) is 0 Å². The topological polar surface area (TPSA) is 67.4 Å². The third-order valence-electron chi connectivity index (χ3n) is 4.81. The Morgan fingerprint density at radius 3 is 2.52 bits per heavy atom. The number of halogens is 1. The lowest BCUT2D eigenvalue weighted by molar-refractivity contribution is 0.0497. The van der Waals surface area contributed by atoms with E-state index < -0.39 is 5.60 Å². The molecule has 0 unspecified atom stereocenters.